The Morgan fingerprint density at radius 2 is 2.22 bits per heavy atom. The summed E-state index contributed by atoms with van der Waals surface area (Å²) in [6.45, 7) is 6.08. The predicted molar refractivity (Wildman–Crippen MR) is 85.5 cm³/mol. The molecule has 2 aromatic rings. The van der Waals surface area contributed by atoms with E-state index in [9.17, 15) is 4.79 Å². The summed E-state index contributed by atoms with van der Waals surface area (Å²) in [7, 11) is 0. The van der Waals surface area contributed by atoms with Gasteiger partial charge in [-0.3, -0.25) is 9.69 Å². The smallest absolute Gasteiger partial charge is 0.252 e. The Morgan fingerprint density at radius 1 is 1.39 bits per heavy atom. The molecule has 0 spiro atoms. The molecular formula is C16H21N5O2. The lowest BCUT2D eigenvalue weighted by atomic mass is 10.2. The summed E-state index contributed by atoms with van der Waals surface area (Å²) in [6.07, 6.45) is 5.08. The third-order valence-electron chi connectivity index (χ3n) is 3.98. The molecule has 0 aromatic carbocycles. The van der Waals surface area contributed by atoms with Crippen molar-refractivity contribution in [2.24, 2.45) is 0 Å². The van der Waals surface area contributed by atoms with E-state index in [1.54, 1.807) is 29.2 Å². The van der Waals surface area contributed by atoms with Crippen LogP contribution in [0.4, 0.5) is 0 Å². The summed E-state index contributed by atoms with van der Waals surface area (Å²) in [5, 5.41) is 7.08. The van der Waals surface area contributed by atoms with Crippen molar-refractivity contribution in [3.63, 3.8) is 0 Å². The Labute approximate surface area is 135 Å². The van der Waals surface area contributed by atoms with Crippen molar-refractivity contribution in [2.75, 3.05) is 32.8 Å². The van der Waals surface area contributed by atoms with Crippen LogP contribution in [0.15, 0.2) is 36.8 Å². The lowest BCUT2D eigenvalue weighted by molar-refractivity contribution is 0.0204. The van der Waals surface area contributed by atoms with Crippen molar-refractivity contribution < 1.29 is 9.53 Å². The van der Waals surface area contributed by atoms with Crippen LogP contribution in [0.5, 0.6) is 0 Å². The molecule has 0 bridgehead atoms. The van der Waals surface area contributed by atoms with Gasteiger partial charge in [0.15, 0.2) is 5.82 Å². The first kappa shape index (κ1) is 15.6. The maximum absolute atomic E-state index is 12.2. The highest BCUT2D eigenvalue weighted by atomic mass is 16.5. The van der Waals surface area contributed by atoms with Crippen LogP contribution in [0.1, 0.15) is 17.3 Å². The molecule has 1 amide bonds. The van der Waals surface area contributed by atoms with Crippen LogP contribution in [0.25, 0.3) is 5.82 Å². The van der Waals surface area contributed by atoms with Crippen molar-refractivity contribution in [3.8, 4) is 5.82 Å². The van der Waals surface area contributed by atoms with Gasteiger partial charge in [-0.1, -0.05) is 0 Å². The summed E-state index contributed by atoms with van der Waals surface area (Å²) in [6, 6.07) is 5.67. The number of amides is 1. The van der Waals surface area contributed by atoms with E-state index in [2.05, 4.69) is 27.2 Å². The highest BCUT2D eigenvalue weighted by Gasteiger charge is 2.17. The Hall–Kier alpha value is -2.25. The number of carbonyl (C=O) groups excluding carboxylic acids is 1. The van der Waals surface area contributed by atoms with Gasteiger partial charge in [-0.2, -0.15) is 5.10 Å². The fourth-order valence-electron chi connectivity index (χ4n) is 2.55. The highest BCUT2D eigenvalue weighted by molar-refractivity contribution is 5.93. The largest absolute Gasteiger partial charge is 0.379 e. The molecule has 23 heavy (non-hydrogen) atoms. The molecule has 0 radical (unpaired) electrons. The number of hydrogen-bond donors (Lipinski definition) is 1. The fourth-order valence-corrected chi connectivity index (χ4v) is 2.55. The number of ether oxygens (including phenoxy) is 1. The molecule has 7 heteroatoms. The van der Waals surface area contributed by atoms with Crippen molar-refractivity contribution in [1.82, 2.24) is 25.0 Å². The molecule has 2 aromatic heterocycles. The van der Waals surface area contributed by atoms with Gasteiger partial charge >= 0.3 is 0 Å². The van der Waals surface area contributed by atoms with E-state index in [1.165, 1.54) is 0 Å². The zero-order valence-corrected chi connectivity index (χ0v) is 13.2. The van der Waals surface area contributed by atoms with Crippen LogP contribution in [-0.2, 0) is 4.74 Å². The molecule has 1 N–H and O–H groups in total. The van der Waals surface area contributed by atoms with Gasteiger partial charge in [-0.15, -0.1) is 0 Å². The average molecular weight is 315 g/mol. The molecule has 122 valence electrons. The highest BCUT2D eigenvalue weighted by Crippen LogP contribution is 2.06. The van der Waals surface area contributed by atoms with Gasteiger partial charge in [0.25, 0.3) is 5.91 Å². The minimum Gasteiger partial charge on any atom is -0.379 e. The predicted octanol–water partition coefficient (Wildman–Crippen LogP) is 0.718. The van der Waals surface area contributed by atoms with E-state index in [4.69, 9.17) is 4.74 Å². The molecule has 3 heterocycles. The SMILES string of the molecule is C[C@H](CNC(=O)c1ccc(-n2cccn2)nc1)N1CCOCC1. The normalized spacial score (nSPS) is 16.9. The molecule has 7 nitrogen and oxygen atoms in total. The van der Waals surface area contributed by atoms with Crippen LogP contribution in [-0.4, -0.2) is 64.5 Å². The van der Waals surface area contributed by atoms with Crippen molar-refractivity contribution in [3.05, 3.63) is 42.4 Å². The first-order chi connectivity index (χ1) is 11.2. The van der Waals surface area contributed by atoms with E-state index >= 15 is 0 Å². The van der Waals surface area contributed by atoms with Gasteiger partial charge in [-0.05, 0) is 25.1 Å². The molecule has 0 aliphatic carbocycles. The van der Waals surface area contributed by atoms with E-state index in [0.717, 1.165) is 26.3 Å². The topological polar surface area (TPSA) is 72.3 Å². The molecule has 3 rings (SSSR count). The zero-order valence-electron chi connectivity index (χ0n) is 13.2. The first-order valence-electron chi connectivity index (χ1n) is 7.80. The Balaban J connectivity index is 1.53. The van der Waals surface area contributed by atoms with Crippen LogP contribution >= 0.6 is 0 Å². The van der Waals surface area contributed by atoms with Gasteiger partial charge in [0.2, 0.25) is 0 Å². The van der Waals surface area contributed by atoms with Crippen LogP contribution < -0.4 is 5.32 Å². The number of rotatable bonds is 5. The minimum absolute atomic E-state index is 0.107. The number of carbonyl (C=O) groups is 1. The second-order valence-electron chi connectivity index (χ2n) is 5.56. The zero-order chi connectivity index (χ0) is 16.1. The van der Waals surface area contributed by atoms with Crippen molar-refractivity contribution in [2.45, 2.75) is 13.0 Å². The lowest BCUT2D eigenvalue weighted by Crippen LogP contribution is -2.47. The quantitative estimate of drug-likeness (QED) is 0.880. The van der Waals surface area contributed by atoms with Gasteiger partial charge in [0.1, 0.15) is 0 Å². The monoisotopic (exact) mass is 315 g/mol. The van der Waals surface area contributed by atoms with E-state index in [0.29, 0.717) is 24.0 Å². The molecule has 1 aliphatic rings. The Bertz CT molecular complexity index is 620. The summed E-state index contributed by atoms with van der Waals surface area (Å²) < 4.78 is 7.00. The summed E-state index contributed by atoms with van der Waals surface area (Å²) >= 11 is 0. The van der Waals surface area contributed by atoms with Crippen LogP contribution in [0.3, 0.4) is 0 Å². The molecule has 1 saturated heterocycles. The third kappa shape index (κ3) is 3.94. The summed E-state index contributed by atoms with van der Waals surface area (Å²) in [5.41, 5.74) is 0.551. The Kier molecular flexibility index (Phi) is 4.99. The van der Waals surface area contributed by atoms with Crippen molar-refractivity contribution in [1.29, 1.82) is 0 Å². The Morgan fingerprint density at radius 3 is 2.87 bits per heavy atom. The van der Waals surface area contributed by atoms with Crippen molar-refractivity contribution >= 4 is 5.91 Å². The second kappa shape index (κ2) is 7.34. The van der Waals surface area contributed by atoms with Crippen LogP contribution in [0.2, 0.25) is 0 Å². The fraction of sp³-hybridized carbons (Fsp3) is 0.438. The van der Waals surface area contributed by atoms with E-state index in [1.807, 2.05) is 12.3 Å². The lowest BCUT2D eigenvalue weighted by Gasteiger charge is -2.32. The van der Waals surface area contributed by atoms with Gasteiger partial charge in [0, 0.05) is 44.3 Å². The first-order valence-corrected chi connectivity index (χ1v) is 7.80. The number of aromatic nitrogens is 3. The number of pyridine rings is 1. The van der Waals surface area contributed by atoms with Crippen LogP contribution in [0, 0.1) is 0 Å². The minimum atomic E-state index is -0.107. The molecule has 1 fully saturated rings. The maximum atomic E-state index is 12.2. The maximum Gasteiger partial charge on any atom is 0.252 e. The average Bonchev–Trinajstić information content (AvgIpc) is 3.15. The molecular weight excluding hydrogens is 294 g/mol. The number of nitrogens with one attached hydrogen (secondary N) is 1. The van der Waals surface area contributed by atoms with Gasteiger partial charge in [-0.25, -0.2) is 9.67 Å². The molecule has 1 atom stereocenters. The van der Waals surface area contributed by atoms with Gasteiger partial charge < -0.3 is 10.1 Å². The number of morpholine rings is 1. The molecule has 0 unspecified atom stereocenters. The standard InChI is InChI=1S/C16H21N5O2/c1-13(20-7-9-23-10-8-20)11-18-16(22)14-3-4-15(17-12-14)21-6-2-5-19-21/h2-6,12-13H,7-11H2,1H3,(H,18,22)/t13-/m1/s1. The third-order valence-corrected chi connectivity index (χ3v) is 3.98. The van der Waals surface area contributed by atoms with Gasteiger partial charge in [0.05, 0.1) is 18.8 Å². The van der Waals surface area contributed by atoms with E-state index in [-0.39, 0.29) is 5.91 Å². The summed E-state index contributed by atoms with van der Waals surface area (Å²) in [4.78, 5) is 18.8. The summed E-state index contributed by atoms with van der Waals surface area (Å²) in [5.74, 6) is 0.581. The molecule has 1 aliphatic heterocycles. The molecule has 0 saturated carbocycles. The van der Waals surface area contributed by atoms with E-state index < -0.39 is 0 Å². The number of nitrogens with zero attached hydrogens (tertiary/aromatic N) is 4. The number of hydrogen-bond acceptors (Lipinski definition) is 5. The second-order valence-corrected chi connectivity index (χ2v) is 5.56.